The zero-order chi connectivity index (χ0) is 6.97. The Hall–Kier alpha value is -1.00. The van der Waals surface area contributed by atoms with Crippen LogP contribution in [0, 0.1) is 0 Å². The van der Waals surface area contributed by atoms with Crippen LogP contribution in [0.15, 0.2) is 23.5 Å². The second kappa shape index (κ2) is 2.00. The van der Waals surface area contributed by atoms with E-state index in [0.29, 0.717) is 6.04 Å². The van der Waals surface area contributed by atoms with Crippen molar-refractivity contribution in [3.63, 3.8) is 0 Å². The van der Waals surface area contributed by atoms with Gasteiger partial charge in [-0.1, -0.05) is 0 Å². The normalized spacial score (nSPS) is 30.2. The average molecular weight is 138 g/mol. The van der Waals surface area contributed by atoms with Gasteiger partial charge < -0.3 is 11.2 Å². The quantitative estimate of drug-likeness (QED) is 0.350. The number of nitrogens with two attached hydrogens (primary N) is 1. The molecule has 1 aliphatic carbocycles. The first-order valence-corrected chi connectivity index (χ1v) is 3.29. The maximum atomic E-state index is 5.61. The highest BCUT2D eigenvalue weighted by Gasteiger charge is 2.21. The third-order valence-electron chi connectivity index (χ3n) is 1.75. The van der Waals surface area contributed by atoms with Gasteiger partial charge in [-0.15, -0.1) is 0 Å². The van der Waals surface area contributed by atoms with Gasteiger partial charge in [0.25, 0.3) is 0 Å². The molecule has 1 atom stereocenters. The highest BCUT2D eigenvalue weighted by atomic mass is 15.6. The molecule has 0 aromatic heterocycles. The molecular formula is C6H10N4. The summed E-state index contributed by atoms with van der Waals surface area (Å²) in [6.07, 6.45) is 4.79. The number of allylic oxidation sites excluding steroid dienone is 2. The first-order chi connectivity index (χ1) is 4.86. The van der Waals surface area contributed by atoms with Crippen molar-refractivity contribution in [2.75, 3.05) is 0 Å². The van der Waals surface area contributed by atoms with Crippen molar-refractivity contribution in [1.82, 2.24) is 16.4 Å². The largest absolute Gasteiger partial charge is 0.402 e. The average Bonchev–Trinajstić information content (AvgIpc) is 2.33. The standard InChI is InChI=1S/C6H10N4/c7-4-1-2-5-6(3-4)9-10-8-5/h1-2,6,8-10H,3,7H2. The molecule has 1 aliphatic heterocycles. The number of hydrogen-bond donors (Lipinski definition) is 4. The van der Waals surface area contributed by atoms with E-state index in [1.807, 2.05) is 12.2 Å². The summed E-state index contributed by atoms with van der Waals surface area (Å²) in [5, 5.41) is 0. The van der Waals surface area contributed by atoms with E-state index < -0.39 is 0 Å². The Kier molecular flexibility index (Phi) is 1.15. The molecule has 54 valence electrons. The molecule has 0 radical (unpaired) electrons. The predicted octanol–water partition coefficient (Wildman–Crippen LogP) is -0.902. The van der Waals surface area contributed by atoms with Gasteiger partial charge in [0.15, 0.2) is 0 Å². The smallest absolute Gasteiger partial charge is 0.0694 e. The van der Waals surface area contributed by atoms with Crippen LogP contribution in [0.3, 0.4) is 0 Å². The summed E-state index contributed by atoms with van der Waals surface area (Å²) in [5.41, 5.74) is 16.5. The highest BCUT2D eigenvalue weighted by Crippen LogP contribution is 2.14. The van der Waals surface area contributed by atoms with Gasteiger partial charge in [0, 0.05) is 17.8 Å². The van der Waals surface area contributed by atoms with Gasteiger partial charge in [-0.25, -0.2) is 5.43 Å². The van der Waals surface area contributed by atoms with Crippen LogP contribution in [-0.2, 0) is 0 Å². The third kappa shape index (κ3) is 0.778. The van der Waals surface area contributed by atoms with E-state index in [1.165, 1.54) is 0 Å². The second-order valence-electron chi connectivity index (χ2n) is 2.51. The van der Waals surface area contributed by atoms with Crippen LogP contribution >= 0.6 is 0 Å². The van der Waals surface area contributed by atoms with Gasteiger partial charge in [-0.3, -0.25) is 0 Å². The van der Waals surface area contributed by atoms with Crippen molar-refractivity contribution in [2.24, 2.45) is 5.73 Å². The summed E-state index contributed by atoms with van der Waals surface area (Å²) < 4.78 is 0. The summed E-state index contributed by atoms with van der Waals surface area (Å²) in [6.45, 7) is 0. The highest BCUT2D eigenvalue weighted by molar-refractivity contribution is 5.27. The minimum Gasteiger partial charge on any atom is -0.402 e. The molecule has 10 heavy (non-hydrogen) atoms. The Bertz CT molecular complexity index is 206. The third-order valence-corrected chi connectivity index (χ3v) is 1.75. The van der Waals surface area contributed by atoms with Crippen LogP contribution in [0.5, 0.6) is 0 Å². The van der Waals surface area contributed by atoms with Crippen LogP contribution < -0.4 is 22.1 Å². The van der Waals surface area contributed by atoms with Gasteiger partial charge in [0.2, 0.25) is 0 Å². The molecule has 1 saturated heterocycles. The van der Waals surface area contributed by atoms with Gasteiger partial charge in [-0.2, -0.15) is 5.53 Å². The monoisotopic (exact) mass is 138 g/mol. The Labute approximate surface area is 59.1 Å². The van der Waals surface area contributed by atoms with Crippen molar-refractivity contribution in [3.8, 4) is 0 Å². The maximum absolute atomic E-state index is 5.61. The summed E-state index contributed by atoms with van der Waals surface area (Å²) >= 11 is 0. The summed E-state index contributed by atoms with van der Waals surface area (Å²) in [7, 11) is 0. The molecule has 0 saturated carbocycles. The van der Waals surface area contributed by atoms with E-state index in [2.05, 4.69) is 16.4 Å². The van der Waals surface area contributed by atoms with Crippen molar-refractivity contribution < 1.29 is 0 Å². The van der Waals surface area contributed by atoms with E-state index in [4.69, 9.17) is 5.73 Å². The lowest BCUT2D eigenvalue weighted by Crippen LogP contribution is -2.34. The SMILES string of the molecule is NC1=CC=C2NNNC2C1. The van der Waals surface area contributed by atoms with Crippen molar-refractivity contribution >= 4 is 0 Å². The lowest BCUT2D eigenvalue weighted by molar-refractivity contribution is 0.539. The minimum atomic E-state index is 0.338. The van der Waals surface area contributed by atoms with Crippen molar-refractivity contribution in [2.45, 2.75) is 12.5 Å². The molecule has 0 spiro atoms. The predicted molar refractivity (Wildman–Crippen MR) is 38.2 cm³/mol. The van der Waals surface area contributed by atoms with E-state index in [0.717, 1.165) is 17.8 Å². The molecule has 4 nitrogen and oxygen atoms in total. The van der Waals surface area contributed by atoms with Gasteiger partial charge in [-0.05, 0) is 12.2 Å². The number of hydrazine groups is 2. The Morgan fingerprint density at radius 3 is 3.30 bits per heavy atom. The molecule has 1 fully saturated rings. The molecule has 0 amide bonds. The maximum Gasteiger partial charge on any atom is 0.0694 e. The van der Waals surface area contributed by atoms with Crippen LogP contribution in [0.25, 0.3) is 0 Å². The fourth-order valence-corrected chi connectivity index (χ4v) is 1.18. The van der Waals surface area contributed by atoms with Crippen LogP contribution in [-0.4, -0.2) is 6.04 Å². The van der Waals surface area contributed by atoms with Crippen LogP contribution in [0.4, 0.5) is 0 Å². The Morgan fingerprint density at radius 1 is 1.50 bits per heavy atom. The number of fused-ring (bicyclic) bond motifs is 1. The molecule has 0 bridgehead atoms. The Balaban J connectivity index is 2.22. The lowest BCUT2D eigenvalue weighted by atomic mass is 10.0. The van der Waals surface area contributed by atoms with Crippen LogP contribution in [0.2, 0.25) is 0 Å². The molecular weight excluding hydrogens is 128 g/mol. The molecule has 0 aromatic carbocycles. The van der Waals surface area contributed by atoms with E-state index in [9.17, 15) is 0 Å². The fraction of sp³-hybridized carbons (Fsp3) is 0.333. The van der Waals surface area contributed by atoms with Crippen LogP contribution in [0.1, 0.15) is 6.42 Å². The molecule has 4 heteroatoms. The lowest BCUT2D eigenvalue weighted by Gasteiger charge is -2.13. The molecule has 1 heterocycles. The van der Waals surface area contributed by atoms with Gasteiger partial charge >= 0.3 is 0 Å². The molecule has 0 aromatic rings. The molecule has 2 rings (SSSR count). The topological polar surface area (TPSA) is 62.1 Å². The number of rotatable bonds is 0. The van der Waals surface area contributed by atoms with Crippen molar-refractivity contribution in [3.05, 3.63) is 23.5 Å². The molecule has 1 unspecified atom stereocenters. The number of hydrogen-bond acceptors (Lipinski definition) is 4. The number of nitrogens with one attached hydrogen (secondary N) is 3. The fourth-order valence-electron chi connectivity index (χ4n) is 1.18. The first kappa shape index (κ1) is 5.76. The van der Waals surface area contributed by atoms with E-state index in [-0.39, 0.29) is 0 Å². The summed E-state index contributed by atoms with van der Waals surface area (Å²) in [4.78, 5) is 0. The summed E-state index contributed by atoms with van der Waals surface area (Å²) in [5.74, 6) is 0. The second-order valence-corrected chi connectivity index (χ2v) is 2.51. The summed E-state index contributed by atoms with van der Waals surface area (Å²) in [6, 6.07) is 0.338. The molecule has 5 N–H and O–H groups in total. The first-order valence-electron chi connectivity index (χ1n) is 3.29. The zero-order valence-corrected chi connectivity index (χ0v) is 5.52. The van der Waals surface area contributed by atoms with Gasteiger partial charge in [0.1, 0.15) is 0 Å². The Morgan fingerprint density at radius 2 is 2.40 bits per heavy atom. The molecule has 2 aliphatic rings. The van der Waals surface area contributed by atoms with Gasteiger partial charge in [0.05, 0.1) is 6.04 Å². The van der Waals surface area contributed by atoms with E-state index in [1.54, 1.807) is 0 Å². The zero-order valence-electron chi connectivity index (χ0n) is 5.52. The van der Waals surface area contributed by atoms with Crippen molar-refractivity contribution in [1.29, 1.82) is 0 Å². The van der Waals surface area contributed by atoms with E-state index >= 15 is 0 Å². The minimum absolute atomic E-state index is 0.338.